The zero-order valence-electron chi connectivity index (χ0n) is 15.4. The third-order valence-corrected chi connectivity index (χ3v) is 5.26. The standard InChI is InChI=1S/C20H24N4O2S/c1-14-13-17(15-7-3-2-4-8-15)23-20(21-14)27-12-11-18(25)24-19(26)22-16-9-5-6-10-16/h2-4,7-8,13,16H,5-6,9-12H2,1H3,(H2,22,24,25,26). The van der Waals surface area contributed by atoms with E-state index in [9.17, 15) is 9.59 Å². The van der Waals surface area contributed by atoms with Gasteiger partial charge in [-0.15, -0.1) is 0 Å². The molecule has 1 aliphatic carbocycles. The molecule has 27 heavy (non-hydrogen) atoms. The third-order valence-electron chi connectivity index (χ3n) is 4.41. The smallest absolute Gasteiger partial charge is 0.321 e. The summed E-state index contributed by atoms with van der Waals surface area (Å²) < 4.78 is 0. The van der Waals surface area contributed by atoms with Crippen LogP contribution in [-0.2, 0) is 4.79 Å². The van der Waals surface area contributed by atoms with Gasteiger partial charge in [-0.1, -0.05) is 54.9 Å². The van der Waals surface area contributed by atoms with Crippen molar-refractivity contribution in [1.29, 1.82) is 0 Å². The van der Waals surface area contributed by atoms with Crippen LogP contribution >= 0.6 is 11.8 Å². The van der Waals surface area contributed by atoms with Gasteiger partial charge in [-0.2, -0.15) is 0 Å². The molecule has 3 rings (SSSR count). The number of hydrogen-bond acceptors (Lipinski definition) is 5. The lowest BCUT2D eigenvalue weighted by atomic mass is 10.1. The van der Waals surface area contributed by atoms with E-state index < -0.39 is 6.03 Å². The third kappa shape index (κ3) is 6.06. The second-order valence-electron chi connectivity index (χ2n) is 6.64. The molecule has 3 amide bonds. The van der Waals surface area contributed by atoms with Crippen LogP contribution in [0.25, 0.3) is 11.3 Å². The summed E-state index contributed by atoms with van der Waals surface area (Å²) in [4.78, 5) is 32.8. The van der Waals surface area contributed by atoms with Crippen molar-refractivity contribution < 1.29 is 9.59 Å². The first-order chi connectivity index (χ1) is 13.1. The van der Waals surface area contributed by atoms with Crippen LogP contribution < -0.4 is 10.6 Å². The van der Waals surface area contributed by atoms with E-state index in [1.807, 2.05) is 43.3 Å². The molecule has 1 aliphatic rings. The summed E-state index contributed by atoms with van der Waals surface area (Å²) in [5.41, 5.74) is 2.78. The Labute approximate surface area is 163 Å². The second kappa shape index (κ2) is 9.50. The van der Waals surface area contributed by atoms with E-state index in [1.165, 1.54) is 11.8 Å². The van der Waals surface area contributed by atoms with Gasteiger partial charge in [-0.3, -0.25) is 10.1 Å². The minimum atomic E-state index is -0.393. The Balaban J connectivity index is 1.47. The maximum Gasteiger partial charge on any atom is 0.321 e. The van der Waals surface area contributed by atoms with Crippen molar-refractivity contribution in [2.45, 2.75) is 50.2 Å². The number of hydrogen-bond donors (Lipinski definition) is 2. The van der Waals surface area contributed by atoms with E-state index in [1.54, 1.807) is 0 Å². The monoisotopic (exact) mass is 384 g/mol. The van der Waals surface area contributed by atoms with Gasteiger partial charge in [0.05, 0.1) is 5.69 Å². The highest BCUT2D eigenvalue weighted by molar-refractivity contribution is 7.99. The van der Waals surface area contributed by atoms with Crippen molar-refractivity contribution in [3.63, 3.8) is 0 Å². The van der Waals surface area contributed by atoms with Crippen LogP contribution in [0.2, 0.25) is 0 Å². The van der Waals surface area contributed by atoms with Gasteiger partial charge in [-0.05, 0) is 25.8 Å². The highest BCUT2D eigenvalue weighted by Gasteiger charge is 2.18. The first-order valence-electron chi connectivity index (χ1n) is 9.24. The van der Waals surface area contributed by atoms with Gasteiger partial charge in [0.1, 0.15) is 0 Å². The normalized spacial score (nSPS) is 14.1. The molecule has 1 saturated carbocycles. The zero-order chi connectivity index (χ0) is 19.1. The number of aromatic nitrogens is 2. The number of imide groups is 1. The number of carbonyl (C=O) groups is 2. The maximum absolute atomic E-state index is 11.9. The van der Waals surface area contributed by atoms with Crippen molar-refractivity contribution in [1.82, 2.24) is 20.6 Å². The van der Waals surface area contributed by atoms with Crippen LogP contribution in [-0.4, -0.2) is 33.7 Å². The minimum Gasteiger partial charge on any atom is -0.335 e. The van der Waals surface area contributed by atoms with Gasteiger partial charge in [-0.25, -0.2) is 14.8 Å². The fraction of sp³-hybridized carbons (Fsp3) is 0.400. The topological polar surface area (TPSA) is 84.0 Å². The molecule has 2 N–H and O–H groups in total. The summed E-state index contributed by atoms with van der Waals surface area (Å²) in [6, 6.07) is 11.7. The van der Waals surface area contributed by atoms with E-state index in [-0.39, 0.29) is 18.4 Å². The van der Waals surface area contributed by atoms with Gasteiger partial charge >= 0.3 is 6.03 Å². The summed E-state index contributed by atoms with van der Waals surface area (Å²) in [6.07, 6.45) is 4.49. The minimum absolute atomic E-state index is 0.198. The van der Waals surface area contributed by atoms with E-state index in [4.69, 9.17) is 0 Å². The molecule has 0 saturated heterocycles. The number of nitrogens with zero attached hydrogens (tertiary/aromatic N) is 2. The van der Waals surface area contributed by atoms with Crippen molar-refractivity contribution >= 4 is 23.7 Å². The van der Waals surface area contributed by atoms with E-state index in [2.05, 4.69) is 20.6 Å². The number of amides is 3. The number of aryl methyl sites for hydroxylation is 1. The van der Waals surface area contributed by atoms with Crippen LogP contribution in [0.4, 0.5) is 4.79 Å². The van der Waals surface area contributed by atoms with Crippen molar-refractivity contribution in [3.05, 3.63) is 42.1 Å². The summed E-state index contributed by atoms with van der Waals surface area (Å²) >= 11 is 1.42. The molecule has 2 aromatic rings. The Hall–Kier alpha value is -2.41. The van der Waals surface area contributed by atoms with Gasteiger partial charge in [0, 0.05) is 29.5 Å². The molecular formula is C20H24N4O2S. The lowest BCUT2D eigenvalue weighted by molar-refractivity contribution is -0.119. The molecule has 0 radical (unpaired) electrons. The quantitative estimate of drug-likeness (QED) is 0.586. The van der Waals surface area contributed by atoms with Gasteiger partial charge in [0.25, 0.3) is 0 Å². The summed E-state index contributed by atoms with van der Waals surface area (Å²) in [5.74, 6) is 0.231. The number of carbonyl (C=O) groups excluding carboxylic acids is 2. The summed E-state index contributed by atoms with van der Waals surface area (Å²) in [6.45, 7) is 1.93. The number of thioether (sulfide) groups is 1. The molecule has 0 atom stereocenters. The number of rotatable bonds is 6. The highest BCUT2D eigenvalue weighted by atomic mass is 32.2. The average Bonchev–Trinajstić information content (AvgIpc) is 3.14. The van der Waals surface area contributed by atoms with Crippen LogP contribution in [0.15, 0.2) is 41.6 Å². The maximum atomic E-state index is 11.9. The fourth-order valence-electron chi connectivity index (χ4n) is 3.08. The Bertz CT molecular complexity index is 792. The Morgan fingerprint density at radius 2 is 1.89 bits per heavy atom. The van der Waals surface area contributed by atoms with Gasteiger partial charge < -0.3 is 5.32 Å². The van der Waals surface area contributed by atoms with Crippen molar-refractivity contribution in [2.75, 3.05) is 5.75 Å². The van der Waals surface area contributed by atoms with Crippen molar-refractivity contribution in [2.24, 2.45) is 0 Å². The van der Waals surface area contributed by atoms with Crippen molar-refractivity contribution in [3.8, 4) is 11.3 Å². The first kappa shape index (κ1) is 19.4. The average molecular weight is 385 g/mol. The Morgan fingerprint density at radius 1 is 1.15 bits per heavy atom. The summed E-state index contributed by atoms with van der Waals surface area (Å²) in [7, 11) is 0. The summed E-state index contributed by atoms with van der Waals surface area (Å²) in [5, 5.41) is 5.88. The van der Waals surface area contributed by atoms with Gasteiger partial charge in [0.15, 0.2) is 5.16 Å². The van der Waals surface area contributed by atoms with E-state index in [0.29, 0.717) is 10.9 Å². The fourth-order valence-corrected chi connectivity index (χ4v) is 3.92. The molecule has 0 spiro atoms. The Kier molecular flexibility index (Phi) is 6.81. The molecule has 1 fully saturated rings. The van der Waals surface area contributed by atoms with Gasteiger partial charge in [0.2, 0.25) is 5.91 Å². The predicted octanol–water partition coefficient (Wildman–Crippen LogP) is 3.70. The molecule has 0 aliphatic heterocycles. The number of nitrogens with one attached hydrogen (secondary N) is 2. The number of urea groups is 1. The van der Waals surface area contributed by atoms with Crippen LogP contribution in [0.3, 0.4) is 0 Å². The first-order valence-corrected chi connectivity index (χ1v) is 10.2. The Morgan fingerprint density at radius 3 is 2.63 bits per heavy atom. The predicted molar refractivity (Wildman–Crippen MR) is 106 cm³/mol. The lowest BCUT2D eigenvalue weighted by Gasteiger charge is -2.12. The molecule has 7 heteroatoms. The SMILES string of the molecule is Cc1cc(-c2ccccc2)nc(SCCC(=O)NC(=O)NC2CCCC2)n1. The van der Waals surface area contributed by atoms with E-state index in [0.717, 1.165) is 42.6 Å². The molecular weight excluding hydrogens is 360 g/mol. The number of benzene rings is 1. The lowest BCUT2D eigenvalue weighted by Crippen LogP contribution is -2.43. The van der Waals surface area contributed by atoms with Crippen LogP contribution in [0, 0.1) is 6.92 Å². The molecule has 6 nitrogen and oxygen atoms in total. The second-order valence-corrected chi connectivity index (χ2v) is 7.71. The van der Waals surface area contributed by atoms with Crippen LogP contribution in [0.5, 0.6) is 0 Å². The molecule has 142 valence electrons. The molecule has 0 bridgehead atoms. The van der Waals surface area contributed by atoms with E-state index >= 15 is 0 Å². The molecule has 0 unspecified atom stereocenters. The largest absolute Gasteiger partial charge is 0.335 e. The molecule has 1 heterocycles. The molecule has 1 aromatic heterocycles. The molecule has 1 aromatic carbocycles. The zero-order valence-corrected chi connectivity index (χ0v) is 16.2. The highest BCUT2D eigenvalue weighted by Crippen LogP contribution is 2.22. The van der Waals surface area contributed by atoms with Crippen LogP contribution in [0.1, 0.15) is 37.8 Å².